The number of phenolic OH excluding ortho intramolecular Hbond substituents is 3. The van der Waals surface area contributed by atoms with Crippen LogP contribution in [0.25, 0.3) is 0 Å². The van der Waals surface area contributed by atoms with Crippen molar-refractivity contribution in [3.63, 3.8) is 0 Å². The van der Waals surface area contributed by atoms with Gasteiger partial charge < -0.3 is 25.4 Å². The van der Waals surface area contributed by atoms with Gasteiger partial charge in [-0.1, -0.05) is 18.2 Å². The van der Waals surface area contributed by atoms with E-state index in [4.69, 9.17) is 4.74 Å². The molecular formula is C15H15NO5. The maximum Gasteiger partial charge on any atom is 0.259 e. The van der Waals surface area contributed by atoms with E-state index in [1.54, 1.807) is 18.2 Å². The SMILES string of the molecule is COc1ccccc1CNC(=O)c1c(O)cc(O)cc1O. The van der Waals surface area contributed by atoms with Gasteiger partial charge in [-0.05, 0) is 6.07 Å². The standard InChI is InChI=1S/C15H15NO5/c1-21-13-5-3-2-4-9(13)8-16-15(20)14-11(18)6-10(17)7-12(14)19/h2-7,17-19H,8H2,1H3,(H,16,20). The maximum atomic E-state index is 12.0. The Kier molecular flexibility index (Phi) is 4.18. The first kappa shape index (κ1) is 14.5. The number of para-hydroxylation sites is 1. The third kappa shape index (κ3) is 3.17. The molecule has 0 aromatic heterocycles. The summed E-state index contributed by atoms with van der Waals surface area (Å²) in [6.45, 7) is 0.169. The van der Waals surface area contributed by atoms with Crippen molar-refractivity contribution in [3.8, 4) is 23.0 Å². The van der Waals surface area contributed by atoms with Gasteiger partial charge >= 0.3 is 0 Å². The van der Waals surface area contributed by atoms with E-state index in [-0.39, 0.29) is 17.9 Å². The first-order valence-electron chi connectivity index (χ1n) is 6.18. The highest BCUT2D eigenvalue weighted by Crippen LogP contribution is 2.31. The van der Waals surface area contributed by atoms with Gasteiger partial charge in [0.05, 0.1) is 7.11 Å². The van der Waals surface area contributed by atoms with E-state index in [0.717, 1.165) is 17.7 Å². The zero-order valence-electron chi connectivity index (χ0n) is 11.3. The fourth-order valence-electron chi connectivity index (χ4n) is 1.94. The number of ether oxygens (including phenoxy) is 1. The van der Waals surface area contributed by atoms with Crippen molar-refractivity contribution in [2.75, 3.05) is 7.11 Å². The fourth-order valence-corrected chi connectivity index (χ4v) is 1.94. The number of aromatic hydroxyl groups is 3. The third-order valence-electron chi connectivity index (χ3n) is 2.94. The van der Waals surface area contributed by atoms with Crippen LogP contribution in [0.15, 0.2) is 36.4 Å². The number of nitrogens with one attached hydrogen (secondary N) is 1. The molecule has 6 heteroatoms. The Balaban J connectivity index is 2.16. The number of phenols is 3. The van der Waals surface area contributed by atoms with Gasteiger partial charge in [-0.25, -0.2) is 0 Å². The lowest BCUT2D eigenvalue weighted by atomic mass is 10.1. The summed E-state index contributed by atoms with van der Waals surface area (Å²) in [6.07, 6.45) is 0. The number of methoxy groups -OCH3 is 1. The van der Waals surface area contributed by atoms with Crippen LogP contribution < -0.4 is 10.1 Å². The van der Waals surface area contributed by atoms with Crippen molar-refractivity contribution >= 4 is 5.91 Å². The Bertz CT molecular complexity index is 646. The largest absolute Gasteiger partial charge is 0.508 e. The molecule has 0 atom stereocenters. The number of hydrogen-bond acceptors (Lipinski definition) is 5. The normalized spacial score (nSPS) is 10.1. The zero-order chi connectivity index (χ0) is 15.4. The van der Waals surface area contributed by atoms with Gasteiger partial charge in [0, 0.05) is 24.2 Å². The van der Waals surface area contributed by atoms with Crippen molar-refractivity contribution in [1.29, 1.82) is 0 Å². The molecular weight excluding hydrogens is 274 g/mol. The molecule has 4 N–H and O–H groups in total. The molecule has 6 nitrogen and oxygen atoms in total. The predicted molar refractivity (Wildman–Crippen MR) is 75.6 cm³/mol. The van der Waals surface area contributed by atoms with Gasteiger partial charge in [0.25, 0.3) is 5.91 Å². The Labute approximate surface area is 121 Å². The molecule has 1 amide bonds. The molecule has 110 valence electrons. The average molecular weight is 289 g/mol. The zero-order valence-corrected chi connectivity index (χ0v) is 11.3. The minimum absolute atomic E-state index is 0.169. The minimum Gasteiger partial charge on any atom is -0.508 e. The molecule has 2 rings (SSSR count). The monoisotopic (exact) mass is 289 g/mol. The summed E-state index contributed by atoms with van der Waals surface area (Å²) in [7, 11) is 1.53. The molecule has 0 bridgehead atoms. The summed E-state index contributed by atoms with van der Waals surface area (Å²) < 4.78 is 5.16. The second kappa shape index (κ2) is 6.04. The van der Waals surface area contributed by atoms with Crippen molar-refractivity contribution in [3.05, 3.63) is 47.5 Å². The van der Waals surface area contributed by atoms with Crippen LogP contribution in [0.5, 0.6) is 23.0 Å². The highest BCUT2D eigenvalue weighted by Gasteiger charge is 2.17. The van der Waals surface area contributed by atoms with E-state index in [9.17, 15) is 20.1 Å². The molecule has 0 aliphatic rings. The van der Waals surface area contributed by atoms with Gasteiger partial charge in [0.1, 0.15) is 28.6 Å². The lowest BCUT2D eigenvalue weighted by molar-refractivity contribution is 0.0945. The molecule has 0 fully saturated rings. The van der Waals surface area contributed by atoms with Crippen LogP contribution in [-0.2, 0) is 6.54 Å². The summed E-state index contributed by atoms with van der Waals surface area (Å²) in [6, 6.07) is 9.13. The highest BCUT2D eigenvalue weighted by molar-refractivity contribution is 5.99. The molecule has 0 spiro atoms. The molecule has 0 heterocycles. The van der Waals surface area contributed by atoms with Gasteiger partial charge in [-0.2, -0.15) is 0 Å². The van der Waals surface area contributed by atoms with Gasteiger partial charge in [-0.15, -0.1) is 0 Å². The number of benzene rings is 2. The van der Waals surface area contributed by atoms with Crippen LogP contribution in [0, 0.1) is 0 Å². The summed E-state index contributed by atoms with van der Waals surface area (Å²) in [5.74, 6) is -1.35. The number of carbonyl (C=O) groups is 1. The molecule has 0 aliphatic heterocycles. The van der Waals surface area contributed by atoms with E-state index in [1.165, 1.54) is 7.11 Å². The Hall–Kier alpha value is -2.89. The van der Waals surface area contributed by atoms with Crippen LogP contribution in [0.3, 0.4) is 0 Å². The van der Waals surface area contributed by atoms with Crippen molar-refractivity contribution in [2.45, 2.75) is 6.54 Å². The number of hydrogen-bond donors (Lipinski definition) is 4. The molecule has 0 aliphatic carbocycles. The second-order valence-electron chi connectivity index (χ2n) is 4.35. The summed E-state index contributed by atoms with van der Waals surface area (Å²) >= 11 is 0. The molecule has 0 unspecified atom stereocenters. The summed E-state index contributed by atoms with van der Waals surface area (Å²) in [4.78, 5) is 12.0. The van der Waals surface area contributed by atoms with Gasteiger partial charge in [-0.3, -0.25) is 4.79 Å². The predicted octanol–water partition coefficient (Wildman–Crippen LogP) is 1.74. The fraction of sp³-hybridized carbons (Fsp3) is 0.133. The molecule has 2 aromatic rings. The minimum atomic E-state index is -0.657. The highest BCUT2D eigenvalue weighted by atomic mass is 16.5. The van der Waals surface area contributed by atoms with Crippen molar-refractivity contribution < 1.29 is 24.9 Å². The Morgan fingerprint density at radius 3 is 2.38 bits per heavy atom. The van der Waals surface area contributed by atoms with E-state index in [0.29, 0.717) is 5.75 Å². The average Bonchev–Trinajstić information content (AvgIpc) is 2.44. The van der Waals surface area contributed by atoms with Crippen LogP contribution >= 0.6 is 0 Å². The number of carbonyl (C=O) groups excluding carboxylic acids is 1. The van der Waals surface area contributed by atoms with E-state index in [2.05, 4.69) is 5.32 Å². The molecule has 0 saturated carbocycles. The first-order valence-corrected chi connectivity index (χ1v) is 6.18. The van der Waals surface area contributed by atoms with E-state index >= 15 is 0 Å². The van der Waals surface area contributed by atoms with Gasteiger partial charge in [0.2, 0.25) is 0 Å². The number of rotatable bonds is 4. The van der Waals surface area contributed by atoms with Crippen LogP contribution in [-0.4, -0.2) is 28.3 Å². The molecule has 2 aromatic carbocycles. The van der Waals surface area contributed by atoms with Crippen molar-refractivity contribution in [1.82, 2.24) is 5.32 Å². The third-order valence-corrected chi connectivity index (χ3v) is 2.94. The van der Waals surface area contributed by atoms with Gasteiger partial charge in [0.15, 0.2) is 0 Å². The Morgan fingerprint density at radius 2 is 1.76 bits per heavy atom. The topological polar surface area (TPSA) is 99.0 Å². The van der Waals surface area contributed by atoms with E-state index in [1.807, 2.05) is 6.07 Å². The molecule has 0 radical (unpaired) electrons. The van der Waals surface area contributed by atoms with E-state index < -0.39 is 17.4 Å². The summed E-state index contributed by atoms with van der Waals surface area (Å²) in [5.41, 5.74) is 0.466. The quantitative estimate of drug-likeness (QED) is 0.687. The van der Waals surface area contributed by atoms with Crippen LogP contribution in [0.4, 0.5) is 0 Å². The molecule has 0 saturated heterocycles. The van der Waals surface area contributed by atoms with Crippen LogP contribution in [0.1, 0.15) is 15.9 Å². The second-order valence-corrected chi connectivity index (χ2v) is 4.35. The molecule has 21 heavy (non-hydrogen) atoms. The lowest BCUT2D eigenvalue weighted by Crippen LogP contribution is -2.23. The first-order chi connectivity index (χ1) is 10.0. The Morgan fingerprint density at radius 1 is 1.14 bits per heavy atom. The van der Waals surface area contributed by atoms with Crippen molar-refractivity contribution in [2.24, 2.45) is 0 Å². The maximum absolute atomic E-state index is 12.0. The smallest absolute Gasteiger partial charge is 0.259 e. The summed E-state index contributed by atoms with van der Waals surface area (Å²) in [5, 5.41) is 31.0. The number of amides is 1. The lowest BCUT2D eigenvalue weighted by Gasteiger charge is -2.11. The van der Waals surface area contributed by atoms with Crippen LogP contribution in [0.2, 0.25) is 0 Å².